The van der Waals surface area contributed by atoms with E-state index in [4.69, 9.17) is 9.05 Å². The molecule has 0 heterocycles. The quantitative estimate of drug-likeness (QED) is 0.0273. The third-order valence-electron chi connectivity index (χ3n) is 10.3. The van der Waals surface area contributed by atoms with Crippen LogP contribution in [0.3, 0.4) is 0 Å². The summed E-state index contributed by atoms with van der Waals surface area (Å²) in [4.78, 5) is 25.3. The molecule has 378 valence electrons. The Bertz CT molecular complexity index is 1590. The molecule has 0 aromatic carbocycles. The molecule has 0 aliphatic heterocycles. The molecule has 0 radical (unpaired) electrons. The molecule has 0 aliphatic rings. The predicted octanol–water partition coefficient (Wildman–Crippen LogP) is 14.7. The van der Waals surface area contributed by atoms with E-state index in [1.807, 2.05) is 27.2 Å². The van der Waals surface area contributed by atoms with Crippen LogP contribution >= 0.6 is 7.82 Å². The standard InChI is InChI=1S/C58H95N2O6P/c1-6-8-10-12-14-16-18-19-20-21-22-23-24-25-26-27-28-29-30-31-32-33-34-35-36-37-38-39-40-41-42-44-46-48-50-52-58(62)59-56(55-66-67(63,64)65-54-53-60(3,4)5)57(61)51-49-47-45-43-17-15-13-11-9-7-2/h8-11,14,16-17,19-20,22-23,25-26,28-29,31-32,34-35,37-38,43,49,51,56-57,61H,6-7,12-13,15,18,21,24,27,30,33,36,39-42,44-48,50,52-55H2,1-5H3,(H-,59,62,63,64)/b10-8-,11-9+,16-14-,20-19-,23-22-,26-25-,29-28-,32-31-,35-34-,38-37-,43-17+,51-49+. The summed E-state index contributed by atoms with van der Waals surface area (Å²) in [5.41, 5.74) is 0. The first-order chi connectivity index (χ1) is 32.5. The number of likely N-dealkylation sites (N-methyl/N-ethyl adjacent to an activating group) is 1. The predicted molar refractivity (Wildman–Crippen MR) is 288 cm³/mol. The molecule has 0 saturated carbocycles. The highest BCUT2D eigenvalue weighted by Gasteiger charge is 2.23. The topological polar surface area (TPSA) is 108 Å². The first kappa shape index (κ1) is 63.4. The lowest BCUT2D eigenvalue weighted by Gasteiger charge is -2.29. The summed E-state index contributed by atoms with van der Waals surface area (Å²) in [5.74, 6) is -0.234. The SMILES string of the molecule is CC/C=C\C/C=C\C/C=C\C/C=C\C/C=C\C/C=C\C/C=C\C/C=C\C/C=C\CCCCCCCCCC(=O)NC(COP(=O)([O-])OCC[N+](C)(C)C)C(O)/C=C/CC/C=C/CC/C=C/CC. The van der Waals surface area contributed by atoms with Gasteiger partial charge in [-0.1, -0.05) is 192 Å². The van der Waals surface area contributed by atoms with E-state index >= 15 is 0 Å². The number of carbonyl (C=O) groups excluding carboxylic acids is 1. The van der Waals surface area contributed by atoms with Crippen molar-refractivity contribution < 1.29 is 32.9 Å². The Kier molecular flexibility index (Phi) is 44.9. The second kappa shape index (κ2) is 47.4. The van der Waals surface area contributed by atoms with Crippen molar-refractivity contribution in [2.24, 2.45) is 0 Å². The number of phosphoric ester groups is 1. The van der Waals surface area contributed by atoms with E-state index in [0.29, 0.717) is 23.9 Å². The summed E-state index contributed by atoms with van der Waals surface area (Å²) in [5, 5.41) is 13.7. The first-order valence-electron chi connectivity index (χ1n) is 25.7. The van der Waals surface area contributed by atoms with Crippen LogP contribution in [0.5, 0.6) is 0 Å². The molecule has 9 heteroatoms. The highest BCUT2D eigenvalue weighted by molar-refractivity contribution is 7.45. The fourth-order valence-electron chi connectivity index (χ4n) is 6.30. The number of aliphatic hydroxyl groups excluding tert-OH is 1. The van der Waals surface area contributed by atoms with Gasteiger partial charge < -0.3 is 28.8 Å². The molecule has 0 aliphatic carbocycles. The molecule has 0 spiro atoms. The number of quaternary nitrogens is 1. The maximum atomic E-state index is 12.9. The van der Waals surface area contributed by atoms with E-state index < -0.39 is 26.6 Å². The highest BCUT2D eigenvalue weighted by atomic mass is 31.2. The van der Waals surface area contributed by atoms with E-state index in [1.54, 1.807) is 6.08 Å². The number of aliphatic hydroxyl groups is 1. The summed E-state index contributed by atoms with van der Waals surface area (Å²) in [6.07, 6.45) is 73.6. The molecule has 8 nitrogen and oxygen atoms in total. The molecule has 2 N–H and O–H groups in total. The normalized spacial score (nSPS) is 15.3. The number of hydrogen-bond donors (Lipinski definition) is 2. The number of unbranched alkanes of at least 4 members (excludes halogenated alkanes) is 9. The minimum Gasteiger partial charge on any atom is -0.756 e. The number of rotatable bonds is 44. The van der Waals surface area contributed by atoms with Gasteiger partial charge in [0.15, 0.2) is 0 Å². The summed E-state index contributed by atoms with van der Waals surface area (Å²) in [6.45, 7) is 4.33. The third-order valence-corrected chi connectivity index (χ3v) is 11.2. The van der Waals surface area contributed by atoms with Crippen LogP contribution in [0.4, 0.5) is 0 Å². The van der Waals surface area contributed by atoms with Crippen LogP contribution in [-0.2, 0) is 18.4 Å². The van der Waals surface area contributed by atoms with E-state index in [-0.39, 0.29) is 12.5 Å². The Morgan fingerprint density at radius 3 is 1.33 bits per heavy atom. The van der Waals surface area contributed by atoms with Crippen molar-refractivity contribution >= 4 is 13.7 Å². The molecule has 0 rings (SSSR count). The van der Waals surface area contributed by atoms with Gasteiger partial charge >= 0.3 is 0 Å². The average molecular weight is 947 g/mol. The maximum absolute atomic E-state index is 12.9. The zero-order valence-corrected chi connectivity index (χ0v) is 43.7. The Hall–Kier alpha value is -3.62. The monoisotopic (exact) mass is 947 g/mol. The van der Waals surface area contributed by atoms with Crippen LogP contribution in [0.15, 0.2) is 146 Å². The van der Waals surface area contributed by atoms with Crippen LogP contribution in [0.2, 0.25) is 0 Å². The van der Waals surface area contributed by atoms with E-state index in [9.17, 15) is 19.4 Å². The number of phosphoric acid groups is 1. The lowest BCUT2D eigenvalue weighted by molar-refractivity contribution is -0.870. The van der Waals surface area contributed by atoms with E-state index in [1.165, 1.54) is 19.3 Å². The molecule has 3 unspecified atom stereocenters. The number of carbonyl (C=O) groups is 1. The molecule has 0 aromatic heterocycles. The second-order valence-corrected chi connectivity index (χ2v) is 19.1. The third kappa shape index (κ3) is 50.1. The molecule has 1 amide bonds. The van der Waals surface area contributed by atoms with Gasteiger partial charge in [-0.25, -0.2) is 0 Å². The fraction of sp³-hybridized carbons (Fsp3) is 0.569. The largest absolute Gasteiger partial charge is 0.756 e. The van der Waals surface area contributed by atoms with Gasteiger partial charge in [-0.3, -0.25) is 9.36 Å². The number of hydrogen-bond acceptors (Lipinski definition) is 6. The van der Waals surface area contributed by atoms with Gasteiger partial charge in [0.05, 0.1) is 39.9 Å². The average Bonchev–Trinajstić information content (AvgIpc) is 3.29. The smallest absolute Gasteiger partial charge is 0.268 e. The lowest BCUT2D eigenvalue weighted by Crippen LogP contribution is -2.45. The molecule has 0 aromatic rings. The number of allylic oxidation sites excluding steroid dienone is 23. The van der Waals surface area contributed by atoms with Crippen molar-refractivity contribution in [3.8, 4) is 0 Å². The van der Waals surface area contributed by atoms with Crippen LogP contribution in [-0.4, -0.2) is 68.5 Å². The minimum atomic E-state index is -4.61. The maximum Gasteiger partial charge on any atom is 0.268 e. The number of nitrogens with one attached hydrogen (secondary N) is 1. The zero-order valence-electron chi connectivity index (χ0n) is 42.8. The molecule has 0 bridgehead atoms. The molecular weight excluding hydrogens is 852 g/mol. The Morgan fingerprint density at radius 2 is 0.881 bits per heavy atom. The van der Waals surface area contributed by atoms with Crippen LogP contribution in [0, 0.1) is 0 Å². The molecule has 67 heavy (non-hydrogen) atoms. The summed E-state index contributed by atoms with van der Waals surface area (Å²) in [6, 6.07) is -0.925. The summed E-state index contributed by atoms with van der Waals surface area (Å²) in [7, 11) is 1.20. The zero-order chi connectivity index (χ0) is 49.2. The molecular formula is C58H95N2O6P. The van der Waals surface area contributed by atoms with Gasteiger partial charge in [-0.05, 0) is 109 Å². The van der Waals surface area contributed by atoms with Gasteiger partial charge in [0.2, 0.25) is 5.91 Å². The van der Waals surface area contributed by atoms with Gasteiger partial charge in [0.1, 0.15) is 13.2 Å². The lowest BCUT2D eigenvalue weighted by atomic mass is 10.1. The Balaban J connectivity index is 4.19. The van der Waals surface area contributed by atoms with Crippen molar-refractivity contribution in [1.82, 2.24) is 5.32 Å². The fourth-order valence-corrected chi connectivity index (χ4v) is 7.02. The summed E-state index contributed by atoms with van der Waals surface area (Å²) < 4.78 is 23.1. The Morgan fingerprint density at radius 1 is 0.522 bits per heavy atom. The van der Waals surface area contributed by atoms with E-state index in [0.717, 1.165) is 116 Å². The molecule has 0 saturated heterocycles. The van der Waals surface area contributed by atoms with Crippen LogP contribution < -0.4 is 10.2 Å². The number of nitrogens with zero attached hydrogens (tertiary/aromatic N) is 1. The van der Waals surface area contributed by atoms with Gasteiger partial charge in [0, 0.05) is 6.42 Å². The van der Waals surface area contributed by atoms with Crippen molar-refractivity contribution in [3.63, 3.8) is 0 Å². The van der Waals surface area contributed by atoms with Gasteiger partial charge in [0.25, 0.3) is 7.82 Å². The van der Waals surface area contributed by atoms with Gasteiger partial charge in [-0.15, -0.1) is 0 Å². The number of amides is 1. The second-order valence-electron chi connectivity index (χ2n) is 17.7. The van der Waals surface area contributed by atoms with Crippen molar-refractivity contribution in [3.05, 3.63) is 146 Å². The van der Waals surface area contributed by atoms with E-state index in [2.05, 4.69) is 153 Å². The highest BCUT2D eigenvalue weighted by Crippen LogP contribution is 2.38. The Labute approximate surface area is 410 Å². The molecule has 0 fully saturated rings. The minimum absolute atomic E-state index is 0.0200. The van der Waals surface area contributed by atoms with Crippen molar-refractivity contribution in [2.75, 3.05) is 40.9 Å². The summed E-state index contributed by atoms with van der Waals surface area (Å²) >= 11 is 0. The first-order valence-corrected chi connectivity index (χ1v) is 27.2. The van der Waals surface area contributed by atoms with Crippen LogP contribution in [0.1, 0.15) is 162 Å². The molecule has 3 atom stereocenters. The van der Waals surface area contributed by atoms with Crippen LogP contribution in [0.25, 0.3) is 0 Å². The van der Waals surface area contributed by atoms with Crippen molar-refractivity contribution in [1.29, 1.82) is 0 Å². The van der Waals surface area contributed by atoms with Crippen molar-refractivity contribution in [2.45, 2.75) is 174 Å². The van der Waals surface area contributed by atoms with Gasteiger partial charge in [-0.2, -0.15) is 0 Å².